The number of rotatable bonds is 8. The number of anilines is 3. The maximum atomic E-state index is 13.1. The monoisotopic (exact) mass is 757 g/mol. The van der Waals surface area contributed by atoms with Crippen LogP contribution >= 0.6 is 11.6 Å². The van der Waals surface area contributed by atoms with Crippen LogP contribution in [0.1, 0.15) is 87.9 Å². The Labute approximate surface area is 317 Å². The molecule has 0 bridgehead atoms. The van der Waals surface area contributed by atoms with Gasteiger partial charge in [-0.05, 0) is 79.4 Å². The largest absolute Gasteiger partial charge is 0.443 e. The van der Waals surface area contributed by atoms with E-state index in [0.29, 0.717) is 46.0 Å². The van der Waals surface area contributed by atoms with E-state index < -0.39 is 23.4 Å². The number of halogens is 1. The maximum absolute atomic E-state index is 13.1. The fourth-order valence-corrected chi connectivity index (χ4v) is 5.82. The Morgan fingerprint density at radius 2 is 1.24 bits per heavy atom. The molecule has 54 heavy (non-hydrogen) atoms. The van der Waals surface area contributed by atoms with Crippen molar-refractivity contribution in [2.24, 2.45) is 0 Å². The molecular weight excluding hydrogens is 714 g/mol. The van der Waals surface area contributed by atoms with E-state index in [1.54, 1.807) is 15.5 Å². The first-order valence-corrected chi connectivity index (χ1v) is 18.0. The molecule has 7 rings (SSSR count). The molecule has 1 aromatic carbocycles. The van der Waals surface area contributed by atoms with Gasteiger partial charge >= 0.3 is 12.2 Å². The summed E-state index contributed by atoms with van der Waals surface area (Å²) in [7, 11) is 3.94. The molecular formula is C38H44ClN9O6. The molecule has 4 aromatic heterocycles. The van der Waals surface area contributed by atoms with E-state index in [4.69, 9.17) is 26.1 Å². The molecule has 0 N–H and O–H groups in total. The first-order valence-electron chi connectivity index (χ1n) is 17.6. The SMILES string of the molecule is CC(C)(C)OC(=O)N(c1cc(Cl)nc2c(C=O)cnn12)C1CC1.CN(C)c1cccc(-c2cc(N(C(=O)OC(C)(C)C)C3CC3)n3ncc(C=O)c3n2)c1. The van der Waals surface area contributed by atoms with Crippen LogP contribution in [-0.2, 0) is 9.47 Å². The minimum atomic E-state index is -0.628. The summed E-state index contributed by atoms with van der Waals surface area (Å²) in [4.78, 5) is 62.4. The lowest BCUT2D eigenvalue weighted by Crippen LogP contribution is -2.39. The highest BCUT2D eigenvalue weighted by Crippen LogP contribution is 2.37. The minimum Gasteiger partial charge on any atom is -0.443 e. The van der Waals surface area contributed by atoms with E-state index in [-0.39, 0.29) is 17.2 Å². The summed E-state index contributed by atoms with van der Waals surface area (Å²) >= 11 is 6.07. The van der Waals surface area contributed by atoms with Crippen LogP contribution in [0.25, 0.3) is 22.6 Å². The van der Waals surface area contributed by atoms with Crippen LogP contribution in [0, 0.1) is 0 Å². The molecule has 0 aliphatic heterocycles. The van der Waals surface area contributed by atoms with Crippen molar-refractivity contribution in [3.05, 3.63) is 65.1 Å². The second-order valence-electron chi connectivity index (χ2n) is 15.5. The van der Waals surface area contributed by atoms with Gasteiger partial charge in [0, 0.05) is 49.6 Å². The van der Waals surface area contributed by atoms with Crippen molar-refractivity contribution >= 4 is 65.0 Å². The number of hydrogen-bond donors (Lipinski definition) is 0. The second kappa shape index (κ2) is 14.7. The number of benzene rings is 1. The van der Waals surface area contributed by atoms with Gasteiger partial charge in [0.2, 0.25) is 0 Å². The summed E-state index contributed by atoms with van der Waals surface area (Å²) in [5.41, 5.74) is 2.73. The Balaban J connectivity index is 0.000000193. The van der Waals surface area contributed by atoms with Gasteiger partial charge in [-0.1, -0.05) is 23.7 Å². The lowest BCUT2D eigenvalue weighted by molar-refractivity contribution is 0.0564. The molecule has 0 saturated heterocycles. The zero-order valence-corrected chi connectivity index (χ0v) is 32.4. The Morgan fingerprint density at radius 3 is 1.69 bits per heavy atom. The maximum Gasteiger partial charge on any atom is 0.416 e. The topological polar surface area (TPSA) is 157 Å². The molecule has 2 aliphatic rings. The zero-order chi connectivity index (χ0) is 39.1. The van der Waals surface area contributed by atoms with Gasteiger partial charge in [-0.3, -0.25) is 19.4 Å². The van der Waals surface area contributed by atoms with Gasteiger partial charge in [0.25, 0.3) is 0 Å². The molecule has 0 unspecified atom stereocenters. The number of fused-ring (bicyclic) bond motifs is 2. The predicted molar refractivity (Wildman–Crippen MR) is 205 cm³/mol. The van der Waals surface area contributed by atoms with Crippen LogP contribution in [-0.4, -0.2) is 91.3 Å². The Kier molecular flexibility index (Phi) is 10.4. The number of aldehydes is 2. The Bertz CT molecular complexity index is 2230. The van der Waals surface area contributed by atoms with Gasteiger partial charge in [0.05, 0.1) is 29.2 Å². The van der Waals surface area contributed by atoms with Gasteiger partial charge < -0.3 is 14.4 Å². The van der Waals surface area contributed by atoms with Crippen molar-refractivity contribution in [2.75, 3.05) is 28.8 Å². The van der Waals surface area contributed by atoms with Crippen molar-refractivity contribution in [3.63, 3.8) is 0 Å². The smallest absolute Gasteiger partial charge is 0.416 e. The normalized spacial score (nSPS) is 14.2. The Morgan fingerprint density at radius 1 is 0.759 bits per heavy atom. The van der Waals surface area contributed by atoms with Crippen LogP contribution in [0.3, 0.4) is 0 Å². The van der Waals surface area contributed by atoms with Gasteiger partial charge in [0.15, 0.2) is 23.9 Å². The third-order valence-electron chi connectivity index (χ3n) is 8.34. The minimum absolute atomic E-state index is 0.0327. The number of carbonyl (C=O) groups is 4. The predicted octanol–water partition coefficient (Wildman–Crippen LogP) is 7.28. The molecule has 2 fully saturated rings. The first kappa shape index (κ1) is 38.2. The summed E-state index contributed by atoms with van der Waals surface area (Å²) in [6.45, 7) is 11.0. The molecule has 2 saturated carbocycles. The van der Waals surface area contributed by atoms with E-state index in [0.717, 1.165) is 43.2 Å². The van der Waals surface area contributed by atoms with Crippen LogP contribution in [0.2, 0.25) is 5.15 Å². The molecule has 16 heteroatoms. The van der Waals surface area contributed by atoms with Crippen molar-refractivity contribution in [1.82, 2.24) is 29.2 Å². The van der Waals surface area contributed by atoms with Crippen LogP contribution in [0.4, 0.5) is 26.9 Å². The van der Waals surface area contributed by atoms with Crippen molar-refractivity contribution in [2.45, 2.75) is 90.5 Å². The average molecular weight is 758 g/mol. The van der Waals surface area contributed by atoms with E-state index in [1.807, 2.05) is 90.9 Å². The lowest BCUT2D eigenvalue weighted by Gasteiger charge is -2.27. The summed E-state index contributed by atoms with van der Waals surface area (Å²) in [6, 6.07) is 11.4. The van der Waals surface area contributed by atoms with E-state index in [9.17, 15) is 19.2 Å². The quantitative estimate of drug-likeness (QED) is 0.116. The fraction of sp³-hybridized carbons (Fsp3) is 0.421. The van der Waals surface area contributed by atoms with Gasteiger partial charge in [0.1, 0.15) is 28.0 Å². The number of nitrogens with zero attached hydrogens (tertiary/aromatic N) is 9. The van der Waals surface area contributed by atoms with Gasteiger partial charge in [-0.25, -0.2) is 19.6 Å². The number of amides is 2. The van der Waals surface area contributed by atoms with E-state index >= 15 is 0 Å². The highest BCUT2D eigenvalue weighted by atomic mass is 35.5. The second-order valence-corrected chi connectivity index (χ2v) is 15.8. The summed E-state index contributed by atoms with van der Waals surface area (Å²) in [5, 5.41) is 8.69. The molecule has 0 spiro atoms. The third-order valence-corrected chi connectivity index (χ3v) is 8.53. The standard InChI is InChI=1S/C23H27N5O3.C15H17ClN4O3/c1-23(2,3)31-22(30)27(17-9-10-17)20-12-19(15-7-6-8-18(11-15)26(4)5)25-21-16(14-29)13-24-28(20)21;1-15(2,3)23-14(22)19(10-4-5-10)12-6-11(16)18-13-9(8-21)7-17-20(12)13/h6-8,11-14,17H,9-10H2,1-5H3;6-8,10H,4-5H2,1-3H3. The molecule has 2 amide bonds. The molecule has 284 valence electrons. The summed E-state index contributed by atoms with van der Waals surface area (Å²) in [5.74, 6) is 0.991. The van der Waals surface area contributed by atoms with Gasteiger partial charge in [-0.15, -0.1) is 0 Å². The number of hydrogen-bond acceptors (Lipinski definition) is 11. The van der Waals surface area contributed by atoms with E-state index in [1.165, 1.54) is 21.8 Å². The highest BCUT2D eigenvalue weighted by Gasteiger charge is 2.40. The van der Waals surface area contributed by atoms with Crippen molar-refractivity contribution in [1.29, 1.82) is 0 Å². The first-order chi connectivity index (χ1) is 25.5. The zero-order valence-electron chi connectivity index (χ0n) is 31.6. The number of aromatic nitrogens is 6. The molecule has 0 radical (unpaired) electrons. The lowest BCUT2D eigenvalue weighted by atomic mass is 10.1. The molecule has 2 aliphatic carbocycles. The molecule has 15 nitrogen and oxygen atoms in total. The Hall–Kier alpha value is -5.57. The molecule has 0 atom stereocenters. The summed E-state index contributed by atoms with van der Waals surface area (Å²) < 4.78 is 14.2. The third kappa shape index (κ3) is 8.46. The molecule has 5 aromatic rings. The van der Waals surface area contributed by atoms with Crippen LogP contribution < -0.4 is 14.7 Å². The van der Waals surface area contributed by atoms with Crippen molar-refractivity contribution < 1.29 is 28.7 Å². The molecule has 4 heterocycles. The van der Waals surface area contributed by atoms with Crippen molar-refractivity contribution in [3.8, 4) is 11.3 Å². The average Bonchev–Trinajstić information content (AvgIpc) is 4.02. The van der Waals surface area contributed by atoms with Crippen LogP contribution in [0.15, 0.2) is 48.8 Å². The number of ether oxygens (including phenoxy) is 2. The summed E-state index contributed by atoms with van der Waals surface area (Å²) in [6.07, 6.45) is 6.88. The fourth-order valence-electron chi connectivity index (χ4n) is 5.65. The van der Waals surface area contributed by atoms with E-state index in [2.05, 4.69) is 15.2 Å². The number of carbonyl (C=O) groups excluding carboxylic acids is 4. The highest BCUT2D eigenvalue weighted by molar-refractivity contribution is 6.30. The van der Waals surface area contributed by atoms with Crippen LogP contribution in [0.5, 0.6) is 0 Å². The van der Waals surface area contributed by atoms with Gasteiger partial charge in [-0.2, -0.15) is 19.2 Å².